The fourth-order valence-electron chi connectivity index (χ4n) is 3.03. The minimum Gasteiger partial charge on any atom is -0.494 e. The van der Waals surface area contributed by atoms with Gasteiger partial charge in [0.15, 0.2) is 5.78 Å². The second kappa shape index (κ2) is 16.7. The van der Waals surface area contributed by atoms with Gasteiger partial charge < -0.3 is 29.1 Å². The van der Waals surface area contributed by atoms with Crippen molar-refractivity contribution in [3.8, 4) is 11.5 Å². The van der Waals surface area contributed by atoms with Gasteiger partial charge in [0.25, 0.3) is 0 Å². The van der Waals surface area contributed by atoms with E-state index in [2.05, 4.69) is 0 Å². The molecule has 188 valence electrons. The van der Waals surface area contributed by atoms with Gasteiger partial charge in [-0.05, 0) is 54.1 Å². The number of carbonyl (C=O) groups excluding carboxylic acids is 1. The first kappa shape index (κ1) is 28.4. The molecule has 2 aromatic rings. The van der Waals surface area contributed by atoms with Crippen molar-refractivity contribution in [3.63, 3.8) is 0 Å². The van der Waals surface area contributed by atoms with E-state index in [0.29, 0.717) is 55.3 Å². The third-order valence-corrected chi connectivity index (χ3v) is 6.59. The summed E-state index contributed by atoms with van der Waals surface area (Å²) in [5.41, 5.74) is 1.57. The van der Waals surface area contributed by atoms with Gasteiger partial charge in [-0.25, -0.2) is 0 Å². The average Bonchev–Trinajstić information content (AvgIpc) is 2.84. The molecule has 0 amide bonds. The Morgan fingerprint density at radius 2 is 1.41 bits per heavy atom. The van der Waals surface area contributed by atoms with Gasteiger partial charge in [-0.3, -0.25) is 9.36 Å². The van der Waals surface area contributed by atoms with E-state index in [9.17, 15) is 9.36 Å². The Balaban J connectivity index is 2.01. The van der Waals surface area contributed by atoms with Crippen LogP contribution >= 0.6 is 20.0 Å². The van der Waals surface area contributed by atoms with Crippen LogP contribution in [0.2, 0.25) is 0 Å². The van der Waals surface area contributed by atoms with Crippen LogP contribution in [-0.2, 0) is 9.09 Å². The standard InChI is InChI=1S/C24H33O8PS/c25-12-1-14-30-21-8-4-19(5-9-21)23(27)18-24(34-17-3-16-32-33(28)29)20-6-10-22(11-7-20)31-15-2-13-26/h4-11,24-26,33H,1-3,12-18H2,(H,28,29). The van der Waals surface area contributed by atoms with Gasteiger partial charge in [0.2, 0.25) is 0 Å². The van der Waals surface area contributed by atoms with Crippen molar-refractivity contribution in [2.45, 2.75) is 30.9 Å². The predicted molar refractivity (Wildman–Crippen MR) is 133 cm³/mol. The number of carbonyl (C=O) groups is 1. The third kappa shape index (κ3) is 11.0. The van der Waals surface area contributed by atoms with E-state index >= 15 is 0 Å². The number of hydrogen-bond donors (Lipinski definition) is 3. The summed E-state index contributed by atoms with van der Waals surface area (Å²) in [6, 6.07) is 14.5. The van der Waals surface area contributed by atoms with E-state index in [1.165, 1.54) is 0 Å². The number of aliphatic hydroxyl groups is 2. The summed E-state index contributed by atoms with van der Waals surface area (Å²) in [5, 5.41) is 17.6. The Labute approximate surface area is 205 Å². The van der Waals surface area contributed by atoms with Gasteiger partial charge in [0.1, 0.15) is 11.5 Å². The predicted octanol–water partition coefficient (Wildman–Crippen LogP) is 4.05. The van der Waals surface area contributed by atoms with Gasteiger partial charge in [0.05, 0.1) is 19.8 Å². The molecule has 0 aliphatic carbocycles. The molecule has 0 saturated heterocycles. The summed E-state index contributed by atoms with van der Waals surface area (Å²) in [6.45, 7) is 1.18. The van der Waals surface area contributed by atoms with Crippen LogP contribution < -0.4 is 9.47 Å². The van der Waals surface area contributed by atoms with Gasteiger partial charge >= 0.3 is 8.25 Å². The van der Waals surface area contributed by atoms with Crippen LogP contribution in [0.5, 0.6) is 11.5 Å². The lowest BCUT2D eigenvalue weighted by Gasteiger charge is -2.17. The average molecular weight is 513 g/mol. The van der Waals surface area contributed by atoms with Gasteiger partial charge in [-0.2, -0.15) is 11.8 Å². The van der Waals surface area contributed by atoms with Crippen molar-refractivity contribution in [3.05, 3.63) is 59.7 Å². The van der Waals surface area contributed by atoms with Crippen molar-refractivity contribution >= 4 is 25.8 Å². The molecule has 34 heavy (non-hydrogen) atoms. The van der Waals surface area contributed by atoms with Gasteiger partial charge in [-0.15, -0.1) is 0 Å². The molecule has 0 heterocycles. The highest BCUT2D eigenvalue weighted by molar-refractivity contribution is 7.99. The summed E-state index contributed by atoms with van der Waals surface area (Å²) in [4.78, 5) is 21.8. The van der Waals surface area contributed by atoms with E-state index in [0.717, 1.165) is 5.56 Å². The lowest BCUT2D eigenvalue weighted by molar-refractivity contribution is 0.0982. The first-order valence-electron chi connectivity index (χ1n) is 11.2. The van der Waals surface area contributed by atoms with Crippen LogP contribution in [0.15, 0.2) is 48.5 Å². The molecule has 0 saturated carbocycles. The van der Waals surface area contributed by atoms with Crippen molar-refractivity contribution in [1.82, 2.24) is 0 Å². The van der Waals surface area contributed by atoms with Crippen molar-refractivity contribution in [2.24, 2.45) is 0 Å². The number of ether oxygens (including phenoxy) is 2. The summed E-state index contributed by atoms with van der Waals surface area (Å²) in [7, 11) is -2.93. The lowest BCUT2D eigenvalue weighted by atomic mass is 10.0. The minimum absolute atomic E-state index is 0.000608. The normalized spacial score (nSPS) is 12.8. The van der Waals surface area contributed by atoms with Crippen LogP contribution in [0.25, 0.3) is 0 Å². The zero-order valence-electron chi connectivity index (χ0n) is 19.1. The highest BCUT2D eigenvalue weighted by Crippen LogP contribution is 2.35. The van der Waals surface area contributed by atoms with E-state index in [-0.39, 0.29) is 37.3 Å². The molecule has 0 spiro atoms. The molecule has 0 aromatic heterocycles. The molecule has 10 heteroatoms. The molecule has 2 aromatic carbocycles. The monoisotopic (exact) mass is 512 g/mol. The molecular formula is C24H33O8PS. The maximum absolute atomic E-state index is 13.0. The van der Waals surface area contributed by atoms with Crippen LogP contribution in [0, 0.1) is 0 Å². The molecular weight excluding hydrogens is 479 g/mol. The number of Topliss-reactive ketones (excluding diaryl/α,β-unsaturated/α-hetero) is 1. The molecule has 3 N–H and O–H groups in total. The first-order valence-corrected chi connectivity index (χ1v) is 13.5. The van der Waals surface area contributed by atoms with Crippen LogP contribution in [0.1, 0.15) is 46.9 Å². The van der Waals surface area contributed by atoms with E-state index in [4.69, 9.17) is 29.1 Å². The minimum atomic E-state index is -2.93. The third-order valence-electron chi connectivity index (χ3n) is 4.77. The van der Waals surface area contributed by atoms with Crippen LogP contribution in [0.4, 0.5) is 0 Å². The van der Waals surface area contributed by atoms with E-state index in [1.54, 1.807) is 36.0 Å². The fraction of sp³-hybridized carbons (Fsp3) is 0.458. The zero-order valence-corrected chi connectivity index (χ0v) is 20.9. The molecule has 0 aliphatic rings. The fourth-order valence-corrected chi connectivity index (χ4v) is 4.53. The van der Waals surface area contributed by atoms with Crippen molar-refractivity contribution < 1.29 is 38.5 Å². The number of thioether (sulfide) groups is 1. The quantitative estimate of drug-likeness (QED) is 0.154. The number of hydrogen-bond acceptors (Lipinski definition) is 8. The second-order valence-corrected chi connectivity index (χ2v) is 9.53. The van der Waals surface area contributed by atoms with Crippen molar-refractivity contribution in [1.29, 1.82) is 0 Å². The number of aliphatic hydroxyl groups excluding tert-OH is 2. The van der Waals surface area contributed by atoms with Crippen molar-refractivity contribution in [2.75, 3.05) is 38.8 Å². The maximum atomic E-state index is 13.0. The molecule has 0 aliphatic heterocycles. The Hall–Kier alpha value is -1.87. The lowest BCUT2D eigenvalue weighted by Crippen LogP contribution is -2.07. The molecule has 8 nitrogen and oxygen atoms in total. The SMILES string of the molecule is O=C(CC(SCCCO[PH](=O)O)c1ccc(OCCCO)cc1)c1ccc(OCCCO)cc1. The largest absolute Gasteiger partial charge is 0.494 e. The molecule has 0 bridgehead atoms. The number of rotatable bonds is 18. The topological polar surface area (TPSA) is 123 Å². The summed E-state index contributed by atoms with van der Waals surface area (Å²) in [5.74, 6) is 2.01. The zero-order chi connectivity index (χ0) is 24.6. The Kier molecular flexibility index (Phi) is 13.9. The Morgan fingerprint density at radius 3 is 1.94 bits per heavy atom. The molecule has 0 radical (unpaired) electrons. The second-order valence-electron chi connectivity index (χ2n) is 7.40. The number of ketones is 1. The van der Waals surface area contributed by atoms with E-state index in [1.807, 2.05) is 24.3 Å². The van der Waals surface area contributed by atoms with Gasteiger partial charge in [0, 0.05) is 43.3 Å². The summed E-state index contributed by atoms with van der Waals surface area (Å²) in [6.07, 6.45) is 1.99. The molecule has 0 fully saturated rings. The Morgan fingerprint density at radius 1 is 0.853 bits per heavy atom. The van der Waals surface area contributed by atoms with Gasteiger partial charge in [-0.1, -0.05) is 12.1 Å². The molecule has 2 atom stereocenters. The summed E-state index contributed by atoms with van der Waals surface area (Å²) < 4.78 is 26.6. The first-order chi connectivity index (χ1) is 16.5. The number of benzene rings is 2. The highest BCUT2D eigenvalue weighted by atomic mass is 32.2. The van der Waals surface area contributed by atoms with E-state index < -0.39 is 8.25 Å². The molecule has 2 rings (SSSR count). The Bertz CT molecular complexity index is 860. The molecule has 2 unspecified atom stereocenters. The van der Waals surface area contributed by atoms with Crippen LogP contribution in [0.3, 0.4) is 0 Å². The van der Waals surface area contributed by atoms with Crippen LogP contribution in [-0.4, -0.2) is 59.7 Å². The smallest absolute Gasteiger partial charge is 0.316 e. The highest BCUT2D eigenvalue weighted by Gasteiger charge is 2.18. The maximum Gasteiger partial charge on any atom is 0.316 e. The summed E-state index contributed by atoms with van der Waals surface area (Å²) >= 11 is 1.60.